The number of nitrogens with one attached hydrogen (secondary N) is 1. The third-order valence-electron chi connectivity index (χ3n) is 4.50. The van der Waals surface area contributed by atoms with Crippen LogP contribution in [0.4, 0.5) is 5.69 Å². The van der Waals surface area contributed by atoms with Crippen molar-refractivity contribution >= 4 is 35.1 Å². The predicted molar refractivity (Wildman–Crippen MR) is 99.5 cm³/mol. The van der Waals surface area contributed by atoms with Crippen LogP contribution in [0.3, 0.4) is 0 Å². The molecule has 7 heteroatoms. The molecule has 1 atom stereocenters. The van der Waals surface area contributed by atoms with Crippen LogP contribution in [0.15, 0.2) is 35.2 Å². The van der Waals surface area contributed by atoms with Crippen molar-refractivity contribution in [2.75, 3.05) is 11.9 Å². The van der Waals surface area contributed by atoms with E-state index >= 15 is 0 Å². The third kappa shape index (κ3) is 3.67. The molecular weight excluding hydrogens is 352 g/mol. The number of carbonyl (C=O) groups is 3. The zero-order chi connectivity index (χ0) is 18.8. The Morgan fingerprint density at radius 2 is 2.00 bits per heavy atom. The van der Waals surface area contributed by atoms with Crippen LogP contribution in [0.1, 0.15) is 28.2 Å². The predicted octanol–water partition coefficient (Wildman–Crippen LogP) is 2.87. The molecule has 1 aliphatic rings. The van der Waals surface area contributed by atoms with Crippen LogP contribution in [0.25, 0.3) is 0 Å². The lowest BCUT2D eigenvalue weighted by Crippen LogP contribution is -2.31. The summed E-state index contributed by atoms with van der Waals surface area (Å²) in [6.45, 7) is 3.44. The van der Waals surface area contributed by atoms with E-state index < -0.39 is 11.2 Å². The number of aromatic nitrogens is 1. The maximum absolute atomic E-state index is 12.3. The quantitative estimate of drug-likeness (QED) is 0.645. The van der Waals surface area contributed by atoms with Crippen molar-refractivity contribution in [3.63, 3.8) is 0 Å². The number of rotatable bonds is 5. The third-order valence-corrected chi connectivity index (χ3v) is 5.77. The van der Waals surface area contributed by atoms with E-state index in [2.05, 4.69) is 5.32 Å². The number of anilines is 1. The molecule has 26 heavy (non-hydrogen) atoms. The molecule has 1 aromatic heterocycles. The molecular formula is C19H20N2O4S. The number of amides is 1. The molecule has 1 unspecified atom stereocenters. The monoisotopic (exact) mass is 372 g/mol. The molecule has 0 spiro atoms. The number of benzene rings is 1. The Morgan fingerprint density at radius 1 is 1.27 bits per heavy atom. The molecule has 0 saturated carbocycles. The van der Waals surface area contributed by atoms with Gasteiger partial charge in [-0.3, -0.25) is 14.4 Å². The van der Waals surface area contributed by atoms with Crippen LogP contribution in [0.5, 0.6) is 0 Å². The Morgan fingerprint density at radius 3 is 2.69 bits per heavy atom. The Hall–Kier alpha value is -2.54. The van der Waals surface area contributed by atoms with Crippen molar-refractivity contribution in [3.05, 3.63) is 47.3 Å². The van der Waals surface area contributed by atoms with Crippen molar-refractivity contribution in [1.29, 1.82) is 0 Å². The molecule has 1 aromatic carbocycles. The molecule has 1 amide bonds. The number of fused-ring (bicyclic) bond motifs is 1. The van der Waals surface area contributed by atoms with Gasteiger partial charge in [0, 0.05) is 28.9 Å². The van der Waals surface area contributed by atoms with Crippen LogP contribution < -0.4 is 5.32 Å². The molecule has 3 rings (SSSR count). The van der Waals surface area contributed by atoms with Gasteiger partial charge in [0.2, 0.25) is 11.7 Å². The lowest BCUT2D eigenvalue weighted by Gasteiger charge is -2.23. The maximum atomic E-state index is 12.3. The minimum Gasteiger partial charge on any atom is -0.457 e. The highest BCUT2D eigenvalue weighted by atomic mass is 32.2. The highest BCUT2D eigenvalue weighted by molar-refractivity contribution is 8.01. The van der Waals surface area contributed by atoms with Gasteiger partial charge in [0.05, 0.1) is 17.4 Å². The fourth-order valence-corrected chi connectivity index (χ4v) is 3.89. The van der Waals surface area contributed by atoms with E-state index in [-0.39, 0.29) is 24.7 Å². The van der Waals surface area contributed by atoms with Gasteiger partial charge in [-0.05, 0) is 32.0 Å². The number of esters is 1. The second-order valence-electron chi connectivity index (χ2n) is 6.22. The van der Waals surface area contributed by atoms with Crippen molar-refractivity contribution in [3.8, 4) is 0 Å². The van der Waals surface area contributed by atoms with E-state index in [1.807, 2.05) is 49.7 Å². The number of Topliss-reactive ketones (excluding diaryl/α,β-unsaturated/α-hetero) is 1. The lowest BCUT2D eigenvalue weighted by molar-refractivity contribution is -0.143. The number of aryl methyl sites for hydroxylation is 1. The van der Waals surface area contributed by atoms with Crippen LogP contribution in [0, 0.1) is 13.8 Å². The smallest absolute Gasteiger partial charge is 0.307 e. The van der Waals surface area contributed by atoms with Crippen LogP contribution >= 0.6 is 11.8 Å². The van der Waals surface area contributed by atoms with Gasteiger partial charge >= 0.3 is 5.97 Å². The Bertz CT molecular complexity index is 888. The number of hydrogen-bond acceptors (Lipinski definition) is 5. The van der Waals surface area contributed by atoms with E-state index in [0.29, 0.717) is 5.56 Å². The van der Waals surface area contributed by atoms with Gasteiger partial charge in [0.15, 0.2) is 6.61 Å². The summed E-state index contributed by atoms with van der Waals surface area (Å²) in [4.78, 5) is 37.4. The zero-order valence-corrected chi connectivity index (χ0v) is 15.7. The first-order valence-electron chi connectivity index (χ1n) is 8.25. The number of ether oxygens (including phenoxy) is 1. The fourth-order valence-electron chi connectivity index (χ4n) is 2.80. The molecule has 6 nitrogen and oxygen atoms in total. The molecule has 2 aromatic rings. The molecule has 2 heterocycles. The van der Waals surface area contributed by atoms with Crippen molar-refractivity contribution in [2.24, 2.45) is 7.05 Å². The summed E-state index contributed by atoms with van der Waals surface area (Å²) in [6.07, 6.45) is -0.0785. The molecule has 1 N–H and O–H groups in total. The van der Waals surface area contributed by atoms with Gasteiger partial charge in [0.1, 0.15) is 0 Å². The fraction of sp³-hybridized carbons (Fsp3) is 0.316. The van der Waals surface area contributed by atoms with Gasteiger partial charge in [-0.2, -0.15) is 0 Å². The lowest BCUT2D eigenvalue weighted by atomic mass is 10.1. The van der Waals surface area contributed by atoms with E-state index in [0.717, 1.165) is 22.0 Å². The summed E-state index contributed by atoms with van der Waals surface area (Å²) >= 11 is 1.33. The highest BCUT2D eigenvalue weighted by Gasteiger charge is 2.29. The van der Waals surface area contributed by atoms with E-state index in [1.165, 1.54) is 11.8 Å². The molecule has 136 valence electrons. The average molecular weight is 372 g/mol. The Kier molecular flexibility index (Phi) is 5.18. The second kappa shape index (κ2) is 7.37. The number of ketones is 1. The van der Waals surface area contributed by atoms with E-state index in [4.69, 9.17) is 4.74 Å². The average Bonchev–Trinajstić information content (AvgIpc) is 2.88. The summed E-state index contributed by atoms with van der Waals surface area (Å²) in [7, 11) is 1.88. The zero-order valence-electron chi connectivity index (χ0n) is 14.9. The first-order valence-corrected chi connectivity index (χ1v) is 9.13. The SMILES string of the molecule is Cc1cc(C(=O)COC(=O)CC2Sc3ccccc3NC2=O)c(C)n1C. The molecule has 0 radical (unpaired) electrons. The minimum atomic E-state index is -0.562. The standard InChI is InChI=1S/C19H20N2O4S/c1-11-8-13(12(2)21(11)3)15(22)10-25-18(23)9-17-19(24)20-14-6-4-5-7-16(14)26-17/h4-8,17H,9-10H2,1-3H3,(H,20,24). The second-order valence-corrected chi connectivity index (χ2v) is 7.47. The maximum Gasteiger partial charge on any atom is 0.307 e. The topological polar surface area (TPSA) is 77.4 Å². The van der Waals surface area contributed by atoms with Crippen molar-refractivity contribution < 1.29 is 19.1 Å². The van der Waals surface area contributed by atoms with Gasteiger partial charge in [-0.25, -0.2) is 0 Å². The summed E-state index contributed by atoms with van der Waals surface area (Å²) in [5.41, 5.74) is 3.10. The largest absolute Gasteiger partial charge is 0.457 e. The minimum absolute atomic E-state index is 0.0785. The summed E-state index contributed by atoms with van der Waals surface area (Å²) in [6, 6.07) is 9.21. The van der Waals surface area contributed by atoms with E-state index in [1.54, 1.807) is 6.07 Å². The molecule has 0 saturated heterocycles. The normalized spacial score (nSPS) is 16.0. The molecule has 0 aliphatic carbocycles. The number of hydrogen-bond donors (Lipinski definition) is 1. The first-order chi connectivity index (χ1) is 12.4. The number of nitrogens with zero attached hydrogens (tertiary/aromatic N) is 1. The number of carbonyl (C=O) groups excluding carboxylic acids is 3. The van der Waals surface area contributed by atoms with Gasteiger partial charge in [-0.15, -0.1) is 11.8 Å². The van der Waals surface area contributed by atoms with Crippen LogP contribution in [-0.2, 0) is 21.4 Å². The first kappa shape index (κ1) is 18.3. The number of thioether (sulfide) groups is 1. The molecule has 1 aliphatic heterocycles. The highest BCUT2D eigenvalue weighted by Crippen LogP contribution is 2.36. The van der Waals surface area contributed by atoms with Gasteiger partial charge < -0.3 is 14.6 Å². The number of para-hydroxylation sites is 1. The van der Waals surface area contributed by atoms with E-state index in [9.17, 15) is 14.4 Å². The Balaban J connectivity index is 1.57. The van der Waals surface area contributed by atoms with Crippen molar-refractivity contribution in [2.45, 2.75) is 30.4 Å². The van der Waals surface area contributed by atoms with Crippen LogP contribution in [-0.4, -0.2) is 34.1 Å². The van der Waals surface area contributed by atoms with Gasteiger partial charge in [-0.1, -0.05) is 12.1 Å². The molecule has 0 bridgehead atoms. The van der Waals surface area contributed by atoms with Crippen LogP contribution in [0.2, 0.25) is 0 Å². The summed E-state index contributed by atoms with van der Waals surface area (Å²) < 4.78 is 7.02. The summed E-state index contributed by atoms with van der Waals surface area (Å²) in [5.74, 6) is -1.03. The van der Waals surface area contributed by atoms with Crippen molar-refractivity contribution in [1.82, 2.24) is 4.57 Å². The van der Waals surface area contributed by atoms with Gasteiger partial charge in [0.25, 0.3) is 0 Å². The molecule has 0 fully saturated rings. The Labute approximate surface area is 155 Å². The summed E-state index contributed by atoms with van der Waals surface area (Å²) in [5, 5.41) is 2.22.